The van der Waals surface area contributed by atoms with Crippen molar-refractivity contribution >= 4 is 40.7 Å². The van der Waals surface area contributed by atoms with Crippen LogP contribution in [0.3, 0.4) is 0 Å². The average molecular weight is 479 g/mol. The molecule has 1 amide bonds. The molecule has 1 heterocycles. The number of carbonyl (C=O) groups excluding carboxylic acids is 1. The van der Waals surface area contributed by atoms with Crippen molar-refractivity contribution < 1.29 is 23.6 Å². The van der Waals surface area contributed by atoms with E-state index in [1.165, 1.54) is 12.0 Å². The van der Waals surface area contributed by atoms with Gasteiger partial charge in [-0.15, -0.1) is 0 Å². The average Bonchev–Trinajstić information content (AvgIpc) is 3.10. The first-order valence-corrected chi connectivity index (χ1v) is 10.4. The number of hydrogen-bond donors (Lipinski definition) is 1. The zero-order valence-electron chi connectivity index (χ0n) is 17.9. The number of nitro benzene ring substituents is 1. The van der Waals surface area contributed by atoms with Gasteiger partial charge >= 0.3 is 5.69 Å². The van der Waals surface area contributed by atoms with Crippen molar-refractivity contribution in [3.63, 3.8) is 0 Å². The zero-order chi connectivity index (χ0) is 24.2. The van der Waals surface area contributed by atoms with Gasteiger partial charge in [-0.3, -0.25) is 19.8 Å². The summed E-state index contributed by atoms with van der Waals surface area (Å²) in [5, 5.41) is 14.4. The summed E-state index contributed by atoms with van der Waals surface area (Å²) in [6, 6.07) is 17.1. The number of halogens is 1. The molecule has 3 aromatic rings. The Morgan fingerprint density at radius 2 is 1.88 bits per heavy atom. The molecule has 0 unspecified atom stereocenters. The highest BCUT2D eigenvalue weighted by Gasteiger charge is 2.31. The van der Waals surface area contributed by atoms with E-state index in [1.807, 2.05) is 18.2 Å². The van der Waals surface area contributed by atoms with E-state index in [9.17, 15) is 19.3 Å². The quantitative estimate of drug-likeness (QED) is 0.229. The molecular formula is C24H18FN3O5S. The molecule has 0 atom stereocenters. The van der Waals surface area contributed by atoms with Crippen LogP contribution in [0.5, 0.6) is 11.5 Å². The number of nitro groups is 1. The summed E-state index contributed by atoms with van der Waals surface area (Å²) < 4.78 is 24.5. The Labute approximate surface area is 199 Å². The number of rotatable bonds is 7. The molecule has 0 bridgehead atoms. The highest BCUT2D eigenvalue weighted by atomic mass is 32.1. The second-order valence-electron chi connectivity index (χ2n) is 7.19. The number of methoxy groups -OCH3 is 1. The minimum absolute atomic E-state index is 0.125. The maximum absolute atomic E-state index is 13.6. The maximum Gasteiger partial charge on any atom is 0.311 e. The van der Waals surface area contributed by atoms with Crippen molar-refractivity contribution in [2.45, 2.75) is 6.61 Å². The van der Waals surface area contributed by atoms with Gasteiger partial charge in [0.05, 0.1) is 17.7 Å². The first-order valence-electron chi connectivity index (χ1n) is 10.0. The van der Waals surface area contributed by atoms with Gasteiger partial charge in [-0.25, -0.2) is 4.39 Å². The van der Waals surface area contributed by atoms with E-state index in [4.69, 9.17) is 21.7 Å². The zero-order valence-corrected chi connectivity index (χ0v) is 18.7. The summed E-state index contributed by atoms with van der Waals surface area (Å²) in [5.74, 6) is -0.698. The molecule has 0 aliphatic carbocycles. The molecule has 1 N–H and O–H groups in total. The fourth-order valence-corrected chi connectivity index (χ4v) is 3.72. The summed E-state index contributed by atoms with van der Waals surface area (Å²) in [4.78, 5) is 24.9. The lowest BCUT2D eigenvalue weighted by atomic mass is 10.1. The number of thiocarbonyl (C=S) groups is 1. The molecule has 1 aliphatic rings. The number of nitrogens with zero attached hydrogens (tertiary/aromatic N) is 2. The van der Waals surface area contributed by atoms with E-state index >= 15 is 0 Å². The van der Waals surface area contributed by atoms with E-state index in [1.54, 1.807) is 36.4 Å². The SMILES string of the molecule is COc1ccc(/C=C2/NC(=S)N(c3ccccc3)C2=O)cc1COc1cc(F)ccc1[N+](=O)[O-]. The van der Waals surface area contributed by atoms with Gasteiger partial charge in [-0.2, -0.15) is 0 Å². The smallest absolute Gasteiger partial charge is 0.311 e. The molecule has 4 rings (SSSR count). The fourth-order valence-electron chi connectivity index (χ4n) is 3.42. The predicted octanol–water partition coefficient (Wildman–Crippen LogP) is 4.58. The van der Waals surface area contributed by atoms with Crippen molar-refractivity contribution in [3.8, 4) is 11.5 Å². The lowest BCUT2D eigenvalue weighted by molar-refractivity contribution is -0.386. The number of ether oxygens (including phenoxy) is 2. The van der Waals surface area contributed by atoms with E-state index in [0.29, 0.717) is 22.6 Å². The second-order valence-corrected chi connectivity index (χ2v) is 7.58. The van der Waals surface area contributed by atoms with Crippen LogP contribution in [0.1, 0.15) is 11.1 Å². The molecule has 0 saturated carbocycles. The molecule has 34 heavy (non-hydrogen) atoms. The van der Waals surface area contributed by atoms with Crippen LogP contribution in [0.4, 0.5) is 15.8 Å². The third-order valence-corrected chi connectivity index (χ3v) is 5.29. The van der Waals surface area contributed by atoms with Gasteiger partial charge in [0.2, 0.25) is 0 Å². The van der Waals surface area contributed by atoms with Crippen molar-refractivity contribution in [3.05, 3.63) is 99.5 Å². The van der Waals surface area contributed by atoms with Crippen molar-refractivity contribution in [1.82, 2.24) is 5.32 Å². The normalized spacial score (nSPS) is 14.3. The van der Waals surface area contributed by atoms with Crippen LogP contribution in [-0.4, -0.2) is 23.1 Å². The Kier molecular flexibility index (Phi) is 6.51. The third-order valence-electron chi connectivity index (χ3n) is 5.01. The second kappa shape index (κ2) is 9.67. The van der Waals surface area contributed by atoms with Crippen LogP contribution < -0.4 is 19.7 Å². The summed E-state index contributed by atoms with van der Waals surface area (Å²) >= 11 is 5.33. The number of nitrogens with one attached hydrogen (secondary N) is 1. The fraction of sp³-hybridized carbons (Fsp3) is 0.0833. The van der Waals surface area contributed by atoms with E-state index in [-0.39, 0.29) is 34.8 Å². The van der Waals surface area contributed by atoms with E-state index < -0.39 is 10.7 Å². The minimum Gasteiger partial charge on any atom is -0.496 e. The van der Waals surface area contributed by atoms with Gasteiger partial charge in [0, 0.05) is 17.7 Å². The maximum atomic E-state index is 13.6. The number of hydrogen-bond acceptors (Lipinski definition) is 6. The monoisotopic (exact) mass is 479 g/mol. The van der Waals surface area contributed by atoms with Gasteiger partial charge in [0.25, 0.3) is 5.91 Å². The van der Waals surface area contributed by atoms with Gasteiger partial charge < -0.3 is 14.8 Å². The van der Waals surface area contributed by atoms with Crippen LogP contribution in [0, 0.1) is 15.9 Å². The lowest BCUT2D eigenvalue weighted by Crippen LogP contribution is -2.30. The van der Waals surface area contributed by atoms with Crippen molar-refractivity contribution in [2.75, 3.05) is 12.0 Å². The molecule has 0 radical (unpaired) electrons. The Morgan fingerprint density at radius 1 is 1.12 bits per heavy atom. The molecule has 1 saturated heterocycles. The van der Waals surface area contributed by atoms with E-state index in [0.717, 1.165) is 18.2 Å². The van der Waals surface area contributed by atoms with Crippen LogP contribution in [0.25, 0.3) is 6.08 Å². The number of carbonyl (C=O) groups is 1. The highest BCUT2D eigenvalue weighted by Crippen LogP contribution is 2.30. The molecule has 172 valence electrons. The van der Waals surface area contributed by atoms with Gasteiger partial charge in [-0.1, -0.05) is 24.3 Å². The Bertz CT molecular complexity index is 1310. The molecule has 1 fully saturated rings. The third kappa shape index (κ3) is 4.71. The summed E-state index contributed by atoms with van der Waals surface area (Å²) in [6.45, 7) is -0.125. The number of para-hydroxylation sites is 1. The number of anilines is 1. The molecule has 1 aliphatic heterocycles. The molecule has 0 aromatic heterocycles. The van der Waals surface area contributed by atoms with Crippen LogP contribution in [0.2, 0.25) is 0 Å². The topological polar surface area (TPSA) is 93.9 Å². The molecule has 0 spiro atoms. The molecular weight excluding hydrogens is 461 g/mol. The van der Waals surface area contributed by atoms with Crippen molar-refractivity contribution in [2.24, 2.45) is 0 Å². The number of amides is 1. The Morgan fingerprint density at radius 3 is 2.59 bits per heavy atom. The Balaban J connectivity index is 1.59. The van der Waals surface area contributed by atoms with Gasteiger partial charge in [0.1, 0.15) is 23.9 Å². The largest absolute Gasteiger partial charge is 0.496 e. The highest BCUT2D eigenvalue weighted by molar-refractivity contribution is 7.80. The van der Waals surface area contributed by atoms with Crippen molar-refractivity contribution in [1.29, 1.82) is 0 Å². The summed E-state index contributed by atoms with van der Waals surface area (Å²) in [7, 11) is 1.47. The first-order chi connectivity index (χ1) is 16.4. The Hall–Kier alpha value is -4.31. The lowest BCUT2D eigenvalue weighted by Gasteiger charge is -2.13. The summed E-state index contributed by atoms with van der Waals surface area (Å²) in [6.07, 6.45) is 1.63. The van der Waals surface area contributed by atoms with Crippen LogP contribution in [-0.2, 0) is 11.4 Å². The van der Waals surface area contributed by atoms with E-state index in [2.05, 4.69) is 5.32 Å². The van der Waals surface area contributed by atoms with Gasteiger partial charge in [0.15, 0.2) is 10.9 Å². The van der Waals surface area contributed by atoms with Crippen LogP contribution in [0.15, 0.2) is 72.4 Å². The predicted molar refractivity (Wildman–Crippen MR) is 128 cm³/mol. The molecule has 8 nitrogen and oxygen atoms in total. The standard InChI is InChI=1S/C24H18FN3O5S/c1-32-21-10-7-15(11-16(21)14-33-22-13-17(25)8-9-20(22)28(30)31)12-19-23(29)27(24(34)26-19)18-5-3-2-4-6-18/h2-13H,14H2,1H3,(H,26,34)/b19-12+. The number of benzene rings is 3. The van der Waals surface area contributed by atoms with Gasteiger partial charge in [-0.05, 0) is 54.2 Å². The van der Waals surface area contributed by atoms with Crippen LogP contribution >= 0.6 is 12.2 Å². The minimum atomic E-state index is -0.657. The first kappa shape index (κ1) is 22.9. The molecule has 10 heteroatoms. The molecule has 3 aromatic carbocycles. The summed E-state index contributed by atoms with van der Waals surface area (Å²) in [5.41, 5.74) is 1.76.